The molecule has 2 aliphatic rings. The molecule has 0 atom stereocenters. The number of nitrogens with one attached hydrogen (secondary N) is 1. The van der Waals surface area contributed by atoms with E-state index in [1.54, 1.807) is 0 Å². The molecule has 2 aliphatic carbocycles. The van der Waals surface area contributed by atoms with Crippen molar-refractivity contribution in [1.82, 2.24) is 5.43 Å². The van der Waals surface area contributed by atoms with E-state index in [2.05, 4.69) is 49.3 Å². The Labute approximate surface area is 122 Å². The number of hydrogen-bond acceptors (Lipinski definition) is 2. The Morgan fingerprint density at radius 1 is 1.20 bits per heavy atom. The minimum Gasteiger partial charge on any atom is -0.328 e. The number of allylic oxidation sites excluding steroid dienone is 11. The molecule has 0 aliphatic heterocycles. The molecule has 2 nitrogen and oxygen atoms in total. The van der Waals surface area contributed by atoms with Gasteiger partial charge in [0.05, 0.1) is 0 Å². The Bertz CT molecular complexity index is 528. The fourth-order valence-corrected chi connectivity index (χ4v) is 2.98. The van der Waals surface area contributed by atoms with E-state index < -0.39 is 0 Å². The van der Waals surface area contributed by atoms with E-state index in [1.807, 2.05) is 6.08 Å². The first-order chi connectivity index (χ1) is 9.80. The van der Waals surface area contributed by atoms with Crippen LogP contribution < -0.4 is 11.3 Å². The van der Waals surface area contributed by atoms with Crippen molar-refractivity contribution in [3.8, 4) is 0 Å². The minimum atomic E-state index is 0.982. The van der Waals surface area contributed by atoms with Gasteiger partial charge in [0.25, 0.3) is 0 Å². The molecule has 0 aromatic heterocycles. The van der Waals surface area contributed by atoms with Gasteiger partial charge in [-0.05, 0) is 67.4 Å². The van der Waals surface area contributed by atoms with Crippen molar-refractivity contribution >= 4 is 0 Å². The first kappa shape index (κ1) is 14.6. The van der Waals surface area contributed by atoms with Gasteiger partial charge in [0.2, 0.25) is 0 Å². The van der Waals surface area contributed by atoms with Crippen LogP contribution in [0.5, 0.6) is 0 Å². The van der Waals surface area contributed by atoms with Gasteiger partial charge < -0.3 is 5.43 Å². The van der Waals surface area contributed by atoms with Crippen LogP contribution in [0.1, 0.15) is 39.0 Å². The molecule has 0 heterocycles. The third kappa shape index (κ3) is 3.20. The summed E-state index contributed by atoms with van der Waals surface area (Å²) in [4.78, 5) is 0. The zero-order chi connectivity index (χ0) is 14.4. The molecule has 20 heavy (non-hydrogen) atoms. The van der Waals surface area contributed by atoms with Crippen LogP contribution in [-0.4, -0.2) is 0 Å². The highest BCUT2D eigenvalue weighted by Gasteiger charge is 2.20. The lowest BCUT2D eigenvalue weighted by Gasteiger charge is -2.25. The highest BCUT2D eigenvalue weighted by molar-refractivity contribution is 5.56. The Morgan fingerprint density at radius 3 is 2.65 bits per heavy atom. The van der Waals surface area contributed by atoms with Crippen LogP contribution in [0.4, 0.5) is 0 Å². The smallest absolute Gasteiger partial charge is 0.0262 e. The molecule has 2 rings (SSSR count). The van der Waals surface area contributed by atoms with Gasteiger partial charge in [-0.3, -0.25) is 5.84 Å². The normalized spacial score (nSPS) is 22.0. The Balaban J connectivity index is 2.46. The van der Waals surface area contributed by atoms with Crippen LogP contribution >= 0.6 is 0 Å². The van der Waals surface area contributed by atoms with E-state index in [-0.39, 0.29) is 0 Å². The third-order valence-corrected chi connectivity index (χ3v) is 3.88. The highest BCUT2D eigenvalue weighted by Crippen LogP contribution is 2.38. The Kier molecular flexibility index (Phi) is 5.19. The number of hydrazine groups is 1. The van der Waals surface area contributed by atoms with Crippen molar-refractivity contribution in [1.29, 1.82) is 0 Å². The molecule has 0 bridgehead atoms. The number of rotatable bonds is 4. The lowest BCUT2D eigenvalue weighted by atomic mass is 9.80. The summed E-state index contributed by atoms with van der Waals surface area (Å²) in [6.07, 6.45) is 18.3. The summed E-state index contributed by atoms with van der Waals surface area (Å²) in [5, 5.41) is 0. The quantitative estimate of drug-likeness (QED) is 0.591. The summed E-state index contributed by atoms with van der Waals surface area (Å²) in [6, 6.07) is 0. The maximum Gasteiger partial charge on any atom is 0.0262 e. The summed E-state index contributed by atoms with van der Waals surface area (Å²) in [5.74, 6) is 5.48. The molecule has 0 aromatic rings. The zero-order valence-electron chi connectivity index (χ0n) is 12.3. The predicted molar refractivity (Wildman–Crippen MR) is 86.7 cm³/mol. The predicted octanol–water partition coefficient (Wildman–Crippen LogP) is 4.22. The molecule has 0 saturated heterocycles. The summed E-state index contributed by atoms with van der Waals surface area (Å²) in [5.41, 5.74) is 9.59. The van der Waals surface area contributed by atoms with E-state index in [0.717, 1.165) is 31.4 Å². The lowest BCUT2D eigenvalue weighted by molar-refractivity contribution is 0.748. The Morgan fingerprint density at radius 2 is 2.05 bits per heavy atom. The van der Waals surface area contributed by atoms with E-state index in [4.69, 9.17) is 5.84 Å². The van der Waals surface area contributed by atoms with Gasteiger partial charge in [-0.1, -0.05) is 37.0 Å². The Hall–Kier alpha value is -1.80. The summed E-state index contributed by atoms with van der Waals surface area (Å²) < 4.78 is 0. The van der Waals surface area contributed by atoms with Crippen LogP contribution in [-0.2, 0) is 0 Å². The van der Waals surface area contributed by atoms with E-state index in [0.29, 0.717) is 0 Å². The van der Waals surface area contributed by atoms with Crippen LogP contribution in [0.3, 0.4) is 0 Å². The van der Waals surface area contributed by atoms with Crippen molar-refractivity contribution < 1.29 is 0 Å². The molecule has 0 fully saturated rings. The van der Waals surface area contributed by atoms with Crippen molar-refractivity contribution in [2.75, 3.05) is 0 Å². The maximum absolute atomic E-state index is 5.48. The van der Waals surface area contributed by atoms with E-state index >= 15 is 0 Å². The van der Waals surface area contributed by atoms with Crippen molar-refractivity contribution in [2.45, 2.75) is 39.0 Å². The first-order valence-electron chi connectivity index (χ1n) is 7.34. The van der Waals surface area contributed by atoms with Crippen molar-refractivity contribution in [2.24, 2.45) is 5.84 Å². The summed E-state index contributed by atoms with van der Waals surface area (Å²) >= 11 is 0. The largest absolute Gasteiger partial charge is 0.328 e. The monoisotopic (exact) mass is 268 g/mol. The molecule has 0 aromatic carbocycles. The number of nitrogens with two attached hydrogens (primary N) is 1. The fourth-order valence-electron chi connectivity index (χ4n) is 2.98. The molecule has 0 amide bonds. The maximum atomic E-state index is 5.48. The van der Waals surface area contributed by atoms with Crippen LogP contribution in [0, 0.1) is 0 Å². The molecule has 2 heteroatoms. The first-order valence-corrected chi connectivity index (χ1v) is 7.34. The standard InChI is InChI=1S/C18H24N2/c1-3-6-14-8-5-9-15(7-4-2)18(14)16-10-12-17(20-19)13-11-16/h3-4,6-7,10,12,20H,1,5,8-9,11,13,19H2,2H3/b7-4+,14-6+. The van der Waals surface area contributed by atoms with Gasteiger partial charge in [0.15, 0.2) is 0 Å². The van der Waals surface area contributed by atoms with Gasteiger partial charge in [0, 0.05) is 5.70 Å². The fraction of sp³-hybridized carbons (Fsp3) is 0.333. The average Bonchev–Trinajstić information content (AvgIpc) is 2.48. The van der Waals surface area contributed by atoms with Crippen molar-refractivity contribution in [3.05, 3.63) is 71.0 Å². The van der Waals surface area contributed by atoms with E-state index in [9.17, 15) is 0 Å². The van der Waals surface area contributed by atoms with Gasteiger partial charge in [-0.2, -0.15) is 0 Å². The van der Waals surface area contributed by atoms with Gasteiger partial charge in [-0.25, -0.2) is 0 Å². The summed E-state index contributed by atoms with van der Waals surface area (Å²) in [7, 11) is 0. The second-order valence-corrected chi connectivity index (χ2v) is 5.21. The SMILES string of the molecule is C=C/C=C1\CCCC(/C=C/C)=C1C1=CC=C(NN)CC1. The van der Waals surface area contributed by atoms with Gasteiger partial charge in [0.1, 0.15) is 0 Å². The molecule has 3 N–H and O–H groups in total. The average molecular weight is 268 g/mol. The minimum absolute atomic E-state index is 0.982. The molecular formula is C18H24N2. The van der Waals surface area contributed by atoms with Crippen LogP contribution in [0.15, 0.2) is 71.0 Å². The van der Waals surface area contributed by atoms with Crippen LogP contribution in [0.2, 0.25) is 0 Å². The molecule has 0 unspecified atom stereocenters. The zero-order valence-corrected chi connectivity index (χ0v) is 12.3. The second-order valence-electron chi connectivity index (χ2n) is 5.21. The van der Waals surface area contributed by atoms with Gasteiger partial charge >= 0.3 is 0 Å². The molecule has 0 radical (unpaired) electrons. The van der Waals surface area contributed by atoms with Crippen molar-refractivity contribution in [3.63, 3.8) is 0 Å². The third-order valence-electron chi connectivity index (χ3n) is 3.88. The lowest BCUT2D eigenvalue weighted by Crippen LogP contribution is -2.22. The molecule has 106 valence electrons. The topological polar surface area (TPSA) is 38.0 Å². The molecular weight excluding hydrogens is 244 g/mol. The van der Waals surface area contributed by atoms with E-state index in [1.165, 1.54) is 28.7 Å². The van der Waals surface area contributed by atoms with Crippen LogP contribution in [0.25, 0.3) is 0 Å². The molecule has 0 spiro atoms. The second kappa shape index (κ2) is 7.11. The highest BCUT2D eigenvalue weighted by atomic mass is 15.2. The number of hydrogen-bond donors (Lipinski definition) is 2. The summed E-state index contributed by atoms with van der Waals surface area (Å²) in [6.45, 7) is 5.94. The van der Waals surface area contributed by atoms with Gasteiger partial charge in [-0.15, -0.1) is 0 Å². The molecule has 0 saturated carbocycles.